The van der Waals surface area contributed by atoms with Crippen LogP contribution >= 0.6 is 0 Å². The molecule has 0 aliphatic carbocycles. The fourth-order valence-electron chi connectivity index (χ4n) is 1.96. The highest BCUT2D eigenvalue weighted by atomic mass is 16.3. The minimum Gasteiger partial charge on any atom is -0.507 e. The Labute approximate surface area is 98.8 Å². The Hall–Kier alpha value is -2.07. The number of nitrogens with two attached hydrogens (primary N) is 2. The van der Waals surface area contributed by atoms with E-state index in [1.54, 1.807) is 12.1 Å². The van der Waals surface area contributed by atoms with Crippen LogP contribution in [0.25, 0.3) is 10.8 Å². The second-order valence-electron chi connectivity index (χ2n) is 4.00. The van der Waals surface area contributed by atoms with Crippen LogP contribution in [0.1, 0.15) is 18.0 Å². The molecule has 1 unspecified atom stereocenters. The second kappa shape index (κ2) is 4.43. The summed E-state index contributed by atoms with van der Waals surface area (Å²) in [6.07, 6.45) is 0.0920. The van der Waals surface area contributed by atoms with Gasteiger partial charge in [-0.1, -0.05) is 30.3 Å². The van der Waals surface area contributed by atoms with Crippen molar-refractivity contribution in [2.75, 3.05) is 0 Å². The number of rotatable bonds is 3. The third-order valence-corrected chi connectivity index (χ3v) is 2.76. The molecule has 2 rings (SSSR count). The summed E-state index contributed by atoms with van der Waals surface area (Å²) in [5.41, 5.74) is 11.9. The number of hydrogen-bond donors (Lipinski definition) is 3. The van der Waals surface area contributed by atoms with Gasteiger partial charge in [-0.3, -0.25) is 4.79 Å². The number of primary amides is 1. The first-order valence-corrected chi connectivity index (χ1v) is 5.34. The van der Waals surface area contributed by atoms with Crippen molar-refractivity contribution in [1.29, 1.82) is 0 Å². The maximum Gasteiger partial charge on any atom is 0.219 e. The van der Waals surface area contributed by atoms with Gasteiger partial charge in [0.2, 0.25) is 5.91 Å². The number of hydrogen-bond acceptors (Lipinski definition) is 3. The molecule has 1 amide bonds. The summed E-state index contributed by atoms with van der Waals surface area (Å²) in [7, 11) is 0. The van der Waals surface area contributed by atoms with Crippen LogP contribution in [-0.4, -0.2) is 11.0 Å². The van der Waals surface area contributed by atoms with E-state index in [-0.39, 0.29) is 12.2 Å². The summed E-state index contributed by atoms with van der Waals surface area (Å²) in [6.45, 7) is 0. The van der Waals surface area contributed by atoms with E-state index in [4.69, 9.17) is 11.5 Å². The lowest BCUT2D eigenvalue weighted by Gasteiger charge is -2.13. The number of phenolic OH excluding ortho intramolecular Hbond substituents is 1. The molecule has 0 spiro atoms. The molecule has 0 heterocycles. The number of carbonyl (C=O) groups is 1. The molecule has 0 aliphatic rings. The minimum atomic E-state index is -0.446. The Bertz CT molecular complexity index is 566. The van der Waals surface area contributed by atoms with Crippen LogP contribution in [0.2, 0.25) is 0 Å². The molecule has 4 heteroatoms. The number of carbonyl (C=O) groups excluding carboxylic acids is 1. The average molecular weight is 230 g/mol. The van der Waals surface area contributed by atoms with E-state index in [9.17, 15) is 9.90 Å². The summed E-state index contributed by atoms with van der Waals surface area (Å²) in [5.74, 6) is -0.231. The van der Waals surface area contributed by atoms with Crippen LogP contribution in [0, 0.1) is 0 Å². The van der Waals surface area contributed by atoms with Crippen molar-refractivity contribution in [2.45, 2.75) is 12.5 Å². The quantitative estimate of drug-likeness (QED) is 0.744. The van der Waals surface area contributed by atoms with Gasteiger partial charge in [-0.2, -0.15) is 0 Å². The fourth-order valence-corrected chi connectivity index (χ4v) is 1.96. The molecule has 88 valence electrons. The van der Waals surface area contributed by atoms with Gasteiger partial charge in [0.05, 0.1) is 0 Å². The van der Waals surface area contributed by atoms with E-state index >= 15 is 0 Å². The van der Waals surface area contributed by atoms with Crippen molar-refractivity contribution in [2.24, 2.45) is 11.5 Å². The van der Waals surface area contributed by atoms with Crippen LogP contribution < -0.4 is 11.5 Å². The van der Waals surface area contributed by atoms with Crippen molar-refractivity contribution in [1.82, 2.24) is 0 Å². The van der Waals surface area contributed by atoms with Gasteiger partial charge in [0, 0.05) is 17.8 Å². The summed E-state index contributed by atoms with van der Waals surface area (Å²) in [6, 6.07) is 10.2. The van der Waals surface area contributed by atoms with Gasteiger partial charge in [-0.15, -0.1) is 0 Å². The molecule has 2 aromatic carbocycles. The summed E-state index contributed by atoms with van der Waals surface area (Å²) < 4.78 is 0. The van der Waals surface area contributed by atoms with E-state index in [2.05, 4.69) is 0 Å². The molecule has 4 nitrogen and oxygen atoms in total. The van der Waals surface area contributed by atoms with Gasteiger partial charge in [-0.05, 0) is 17.0 Å². The summed E-state index contributed by atoms with van der Waals surface area (Å²) in [4.78, 5) is 10.9. The van der Waals surface area contributed by atoms with E-state index < -0.39 is 11.9 Å². The zero-order valence-electron chi connectivity index (χ0n) is 9.26. The highest BCUT2D eigenvalue weighted by Gasteiger charge is 2.13. The molecule has 0 aromatic heterocycles. The number of benzene rings is 2. The Morgan fingerprint density at radius 3 is 2.47 bits per heavy atom. The van der Waals surface area contributed by atoms with Gasteiger partial charge in [0.15, 0.2) is 0 Å². The standard InChI is InChI=1S/C13H14N2O2/c14-11(7-13(15)17)9-5-6-12(16)10-4-2-1-3-8(9)10/h1-6,11,16H,7,14H2,(H2,15,17). The monoisotopic (exact) mass is 230 g/mol. The Balaban J connectivity index is 2.55. The van der Waals surface area contributed by atoms with Crippen molar-refractivity contribution in [3.05, 3.63) is 42.0 Å². The minimum absolute atomic E-state index is 0.0920. The van der Waals surface area contributed by atoms with E-state index in [0.717, 1.165) is 16.3 Å². The van der Waals surface area contributed by atoms with Gasteiger partial charge < -0.3 is 16.6 Å². The first kappa shape index (κ1) is 11.4. The smallest absolute Gasteiger partial charge is 0.219 e. The average Bonchev–Trinajstić information content (AvgIpc) is 2.29. The van der Waals surface area contributed by atoms with Crippen molar-refractivity contribution in [3.63, 3.8) is 0 Å². The Morgan fingerprint density at radius 1 is 1.18 bits per heavy atom. The number of fused-ring (bicyclic) bond motifs is 1. The number of phenols is 1. The molecule has 0 aliphatic heterocycles. The molecule has 0 saturated heterocycles. The molecule has 0 bridgehead atoms. The first-order chi connectivity index (χ1) is 8.09. The molecule has 1 atom stereocenters. The maximum atomic E-state index is 10.9. The molecule has 0 saturated carbocycles. The lowest BCUT2D eigenvalue weighted by Crippen LogP contribution is -2.20. The van der Waals surface area contributed by atoms with Crippen LogP contribution in [0.5, 0.6) is 5.75 Å². The normalized spacial score (nSPS) is 12.5. The van der Waals surface area contributed by atoms with Crippen LogP contribution in [0.3, 0.4) is 0 Å². The number of amides is 1. The van der Waals surface area contributed by atoms with E-state index in [1.807, 2.05) is 24.3 Å². The molecule has 0 radical (unpaired) electrons. The van der Waals surface area contributed by atoms with Crippen LogP contribution in [-0.2, 0) is 4.79 Å². The summed E-state index contributed by atoms with van der Waals surface area (Å²) in [5, 5.41) is 11.3. The zero-order valence-corrected chi connectivity index (χ0v) is 9.26. The van der Waals surface area contributed by atoms with Gasteiger partial charge in [0.1, 0.15) is 5.75 Å². The van der Waals surface area contributed by atoms with Gasteiger partial charge in [-0.25, -0.2) is 0 Å². The highest BCUT2D eigenvalue weighted by molar-refractivity contribution is 5.91. The van der Waals surface area contributed by atoms with Crippen molar-refractivity contribution >= 4 is 16.7 Å². The third-order valence-electron chi connectivity index (χ3n) is 2.76. The van der Waals surface area contributed by atoms with Gasteiger partial charge in [0.25, 0.3) is 0 Å². The van der Waals surface area contributed by atoms with Gasteiger partial charge >= 0.3 is 0 Å². The lowest BCUT2D eigenvalue weighted by molar-refractivity contribution is -0.118. The molecule has 17 heavy (non-hydrogen) atoms. The lowest BCUT2D eigenvalue weighted by atomic mass is 9.96. The topological polar surface area (TPSA) is 89.3 Å². The Kier molecular flexibility index (Phi) is 2.97. The molecule has 0 fully saturated rings. The molecule has 5 N–H and O–H groups in total. The van der Waals surface area contributed by atoms with Crippen molar-refractivity contribution < 1.29 is 9.90 Å². The molecular weight excluding hydrogens is 216 g/mol. The summed E-state index contributed by atoms with van der Waals surface area (Å²) >= 11 is 0. The third kappa shape index (κ3) is 2.21. The number of aromatic hydroxyl groups is 1. The first-order valence-electron chi connectivity index (χ1n) is 5.34. The largest absolute Gasteiger partial charge is 0.507 e. The van der Waals surface area contributed by atoms with Crippen molar-refractivity contribution in [3.8, 4) is 5.75 Å². The highest BCUT2D eigenvalue weighted by Crippen LogP contribution is 2.30. The predicted octanol–water partition coefficient (Wildman–Crippen LogP) is 1.42. The second-order valence-corrected chi connectivity index (χ2v) is 4.00. The molecular formula is C13H14N2O2. The Morgan fingerprint density at radius 2 is 1.82 bits per heavy atom. The molecule has 2 aromatic rings. The van der Waals surface area contributed by atoms with Crippen LogP contribution in [0.4, 0.5) is 0 Å². The zero-order chi connectivity index (χ0) is 12.4. The predicted molar refractivity (Wildman–Crippen MR) is 66.4 cm³/mol. The maximum absolute atomic E-state index is 10.9. The van der Waals surface area contributed by atoms with E-state index in [1.165, 1.54) is 0 Å². The fraction of sp³-hybridized carbons (Fsp3) is 0.154. The van der Waals surface area contributed by atoms with Crippen LogP contribution in [0.15, 0.2) is 36.4 Å². The van der Waals surface area contributed by atoms with E-state index in [0.29, 0.717) is 0 Å². The SMILES string of the molecule is NC(=O)CC(N)c1ccc(O)c2ccccc12.